The molecule has 0 amide bonds. The average molecular weight is 413 g/mol. The van der Waals surface area contributed by atoms with Crippen molar-refractivity contribution < 1.29 is 0 Å². The van der Waals surface area contributed by atoms with Gasteiger partial charge in [-0.25, -0.2) is 0 Å². The lowest BCUT2D eigenvalue weighted by atomic mass is 10.0. The van der Waals surface area contributed by atoms with E-state index in [0.717, 1.165) is 35.7 Å². The van der Waals surface area contributed by atoms with E-state index >= 15 is 0 Å². The number of nitrogens with zero attached hydrogens (tertiary/aromatic N) is 3. The maximum absolute atomic E-state index is 6.18. The van der Waals surface area contributed by atoms with E-state index in [4.69, 9.17) is 11.6 Å². The van der Waals surface area contributed by atoms with Gasteiger partial charge in [-0.2, -0.15) is 0 Å². The molecule has 0 aliphatic rings. The van der Waals surface area contributed by atoms with Crippen molar-refractivity contribution in [3.63, 3.8) is 0 Å². The minimum atomic E-state index is 0.229. The highest BCUT2D eigenvalue weighted by atomic mass is 35.5. The fraction of sp³-hybridized carbons (Fsp3) is 0.333. The van der Waals surface area contributed by atoms with Gasteiger partial charge in [0, 0.05) is 23.8 Å². The van der Waals surface area contributed by atoms with Crippen LogP contribution >= 0.6 is 11.6 Å². The summed E-state index contributed by atoms with van der Waals surface area (Å²) in [5.74, 6) is 0. The molecule has 0 bridgehead atoms. The number of hydrogen-bond acceptors (Lipinski definition) is 4. The number of nitrogens with one attached hydrogen (secondary N) is 1. The van der Waals surface area contributed by atoms with Gasteiger partial charge in [0.2, 0.25) is 0 Å². The molecule has 1 rings (SSSR count). The first-order valence-corrected chi connectivity index (χ1v) is 10.3. The Morgan fingerprint density at radius 3 is 2.72 bits per heavy atom. The Labute approximate surface area is 181 Å². The first-order valence-electron chi connectivity index (χ1n) is 9.93. The van der Waals surface area contributed by atoms with Gasteiger partial charge in [0.25, 0.3) is 0 Å². The lowest BCUT2D eigenvalue weighted by Gasteiger charge is -2.26. The van der Waals surface area contributed by atoms with E-state index in [1.54, 1.807) is 12.3 Å². The van der Waals surface area contributed by atoms with E-state index in [1.165, 1.54) is 5.56 Å². The minimum Gasteiger partial charge on any atom is -0.373 e. The van der Waals surface area contributed by atoms with Crippen LogP contribution in [0.25, 0.3) is 0 Å². The van der Waals surface area contributed by atoms with Gasteiger partial charge in [-0.1, -0.05) is 56.3 Å². The van der Waals surface area contributed by atoms with Crippen molar-refractivity contribution in [1.82, 2.24) is 10.2 Å². The smallest absolute Gasteiger partial charge is 0.0891 e. The fourth-order valence-electron chi connectivity index (χ4n) is 2.89. The molecule has 0 aliphatic heterocycles. The quantitative estimate of drug-likeness (QED) is 0.246. The molecule has 156 valence electrons. The van der Waals surface area contributed by atoms with Crippen molar-refractivity contribution >= 4 is 24.0 Å². The van der Waals surface area contributed by atoms with Crippen molar-refractivity contribution in [3.8, 4) is 0 Å². The van der Waals surface area contributed by atoms with Gasteiger partial charge in [-0.15, -0.1) is 0 Å². The predicted octanol–water partition coefficient (Wildman–Crippen LogP) is 5.96. The lowest BCUT2D eigenvalue weighted by molar-refractivity contribution is 0.328. The van der Waals surface area contributed by atoms with Crippen molar-refractivity contribution in [2.24, 2.45) is 9.98 Å². The van der Waals surface area contributed by atoms with Gasteiger partial charge < -0.3 is 4.90 Å². The molecule has 29 heavy (non-hydrogen) atoms. The van der Waals surface area contributed by atoms with Crippen molar-refractivity contribution in [2.45, 2.75) is 32.7 Å². The van der Waals surface area contributed by atoms with Crippen LogP contribution in [0.1, 0.15) is 38.3 Å². The summed E-state index contributed by atoms with van der Waals surface area (Å²) in [7, 11) is 2.07. The third-order valence-corrected chi connectivity index (χ3v) is 4.56. The summed E-state index contributed by atoms with van der Waals surface area (Å²) in [4.78, 5) is 10.7. The highest BCUT2D eigenvalue weighted by molar-refractivity contribution is 6.30. The number of allylic oxidation sites excluding steroid dienone is 5. The van der Waals surface area contributed by atoms with Crippen molar-refractivity contribution in [3.05, 3.63) is 83.7 Å². The van der Waals surface area contributed by atoms with Crippen LogP contribution in [-0.2, 0) is 0 Å². The molecule has 0 radical (unpaired) electrons. The normalized spacial score (nSPS) is 13.8. The monoisotopic (exact) mass is 412 g/mol. The largest absolute Gasteiger partial charge is 0.373 e. The molecule has 0 saturated heterocycles. The Balaban J connectivity index is 3.07. The van der Waals surface area contributed by atoms with E-state index in [-0.39, 0.29) is 6.04 Å². The summed E-state index contributed by atoms with van der Waals surface area (Å²) >= 11 is 6.18. The number of benzene rings is 1. The second kappa shape index (κ2) is 14.6. The van der Waals surface area contributed by atoms with E-state index in [2.05, 4.69) is 66.7 Å². The Morgan fingerprint density at radius 1 is 1.31 bits per heavy atom. The van der Waals surface area contributed by atoms with Gasteiger partial charge in [0.1, 0.15) is 0 Å². The highest BCUT2D eigenvalue weighted by Crippen LogP contribution is 2.25. The molecule has 1 N–H and O–H groups in total. The van der Waals surface area contributed by atoms with Crippen LogP contribution in [0.4, 0.5) is 0 Å². The van der Waals surface area contributed by atoms with Gasteiger partial charge in [-0.05, 0) is 62.2 Å². The van der Waals surface area contributed by atoms with Gasteiger partial charge in [-0.3, -0.25) is 15.3 Å². The Morgan fingerprint density at radius 2 is 2.10 bits per heavy atom. The van der Waals surface area contributed by atoms with Crippen LogP contribution in [-0.4, -0.2) is 37.6 Å². The third-order valence-electron chi connectivity index (χ3n) is 4.32. The summed E-state index contributed by atoms with van der Waals surface area (Å²) in [6, 6.07) is 8.24. The SMILES string of the molecule is C=C/C=C(\C=C/N(C)C(CC)c1cccc(Cl)c1)C(/C=C\N=C)=NCNCCC. The standard InChI is InChI=1S/C24H33ClN4/c1-6-10-20(23(13-16-26-4)28-19-27-15-7-2)14-17-29(5)24(8-3)21-11-9-12-22(25)18-21/h6,9-14,16-18,24,27H,1,4,7-8,15,19H2,2-3,5H3/b16-13-,17-14-,20-10+,28-23?. The van der Waals surface area contributed by atoms with Crippen LogP contribution in [0.2, 0.25) is 5.02 Å². The molecule has 0 aromatic heterocycles. The zero-order valence-corrected chi connectivity index (χ0v) is 18.6. The molecule has 5 heteroatoms. The van der Waals surface area contributed by atoms with Gasteiger partial charge >= 0.3 is 0 Å². The van der Waals surface area contributed by atoms with Crippen molar-refractivity contribution in [1.29, 1.82) is 0 Å². The summed E-state index contributed by atoms with van der Waals surface area (Å²) in [6.45, 7) is 13.1. The third kappa shape index (κ3) is 9.07. The Bertz CT molecular complexity index is 762. The number of rotatable bonds is 13. The molecule has 1 unspecified atom stereocenters. The van der Waals surface area contributed by atoms with Gasteiger partial charge in [0.05, 0.1) is 18.4 Å². The summed E-state index contributed by atoms with van der Waals surface area (Å²) < 4.78 is 0. The second-order valence-corrected chi connectivity index (χ2v) is 6.95. The summed E-state index contributed by atoms with van der Waals surface area (Å²) in [6.07, 6.45) is 13.3. The van der Waals surface area contributed by atoms with Crippen LogP contribution in [0.3, 0.4) is 0 Å². The van der Waals surface area contributed by atoms with Gasteiger partial charge in [0.15, 0.2) is 0 Å². The van der Waals surface area contributed by atoms with Crippen LogP contribution in [0, 0.1) is 0 Å². The minimum absolute atomic E-state index is 0.229. The van der Waals surface area contributed by atoms with E-state index in [1.807, 2.05) is 36.4 Å². The molecule has 0 spiro atoms. The number of halogens is 1. The first-order chi connectivity index (χ1) is 14.1. The average Bonchev–Trinajstić information content (AvgIpc) is 2.71. The van der Waals surface area contributed by atoms with Crippen LogP contribution in [0.5, 0.6) is 0 Å². The maximum Gasteiger partial charge on any atom is 0.0891 e. The fourth-order valence-corrected chi connectivity index (χ4v) is 3.09. The summed E-state index contributed by atoms with van der Waals surface area (Å²) in [5, 5.41) is 4.04. The molecular formula is C24H33ClN4. The molecule has 1 aromatic rings. The zero-order valence-electron chi connectivity index (χ0n) is 17.8. The molecule has 0 saturated carbocycles. The predicted molar refractivity (Wildman–Crippen MR) is 129 cm³/mol. The van der Waals surface area contributed by atoms with E-state index in [9.17, 15) is 0 Å². The van der Waals surface area contributed by atoms with Crippen LogP contribution < -0.4 is 5.32 Å². The first kappa shape index (κ1) is 24.6. The molecular weight excluding hydrogens is 380 g/mol. The number of hydrogen-bond donors (Lipinski definition) is 1. The maximum atomic E-state index is 6.18. The van der Waals surface area contributed by atoms with E-state index < -0.39 is 0 Å². The number of aliphatic imine (C=N–C) groups is 2. The molecule has 0 fully saturated rings. The Hall–Kier alpha value is -2.43. The molecule has 1 aromatic carbocycles. The Kier molecular flexibility index (Phi) is 12.3. The second-order valence-electron chi connectivity index (χ2n) is 6.52. The molecule has 0 aliphatic carbocycles. The molecule has 1 atom stereocenters. The topological polar surface area (TPSA) is 40.0 Å². The zero-order chi connectivity index (χ0) is 21.5. The summed E-state index contributed by atoms with van der Waals surface area (Å²) in [5.41, 5.74) is 2.96. The van der Waals surface area contributed by atoms with Crippen molar-refractivity contribution in [2.75, 3.05) is 20.3 Å². The lowest BCUT2D eigenvalue weighted by Crippen LogP contribution is -2.19. The van der Waals surface area contributed by atoms with Crippen LogP contribution in [0.15, 0.2) is 83.1 Å². The molecule has 0 heterocycles. The highest BCUT2D eigenvalue weighted by Gasteiger charge is 2.13. The van der Waals surface area contributed by atoms with E-state index in [0.29, 0.717) is 6.67 Å². The molecule has 4 nitrogen and oxygen atoms in total.